The largest absolute Gasteiger partial charge is 0.503 e. The van der Waals surface area contributed by atoms with E-state index >= 15 is 0 Å². The molecule has 0 aliphatic heterocycles. The summed E-state index contributed by atoms with van der Waals surface area (Å²) in [5.74, 6) is 0. The number of halogens is 2. The van der Waals surface area contributed by atoms with Crippen molar-refractivity contribution in [3.8, 4) is 0 Å². The first-order chi connectivity index (χ1) is 2.27. The van der Waals surface area contributed by atoms with Crippen LogP contribution < -0.4 is 0 Å². The molecule has 0 fully saturated rings. The van der Waals surface area contributed by atoms with Gasteiger partial charge in [-0.25, -0.2) is 0 Å². The number of rotatable bonds is 1. The van der Waals surface area contributed by atoms with Crippen LogP contribution in [0.2, 0.25) is 0 Å². The van der Waals surface area contributed by atoms with E-state index in [0.717, 1.165) is 0 Å². The summed E-state index contributed by atoms with van der Waals surface area (Å²) in [7, 11) is -3.11. The summed E-state index contributed by atoms with van der Waals surface area (Å²) < 4.78 is 21.5. The smallest absolute Gasteiger partial charge is 0.262 e. The summed E-state index contributed by atoms with van der Waals surface area (Å²) in [6, 6.07) is 0. The van der Waals surface area contributed by atoms with Crippen molar-refractivity contribution in [1.29, 1.82) is 0 Å². The Labute approximate surface area is 31.1 Å². The zero-order valence-corrected chi connectivity index (χ0v) is 3.54. The van der Waals surface area contributed by atoms with Gasteiger partial charge in [-0.3, -0.25) is 8.22 Å². The van der Waals surface area contributed by atoms with Gasteiger partial charge in [0.2, 0.25) is 0 Å². The first-order valence-electron chi connectivity index (χ1n) is 1.07. The first-order valence-corrected chi connectivity index (χ1v) is 2.41. The van der Waals surface area contributed by atoms with Crippen molar-refractivity contribution in [3.05, 3.63) is 12.3 Å². The van der Waals surface area contributed by atoms with E-state index in [1.165, 1.54) is 0 Å². The highest BCUT2D eigenvalue weighted by molar-refractivity contribution is 6.48. The van der Waals surface area contributed by atoms with Crippen LogP contribution in [0.4, 0.5) is 8.22 Å². The quantitative estimate of drug-likeness (QED) is 0.337. The molecule has 1 radical (unpaired) electrons. The highest BCUT2D eigenvalue weighted by Crippen LogP contribution is 1.81. The maximum absolute atomic E-state index is 10.7. The van der Waals surface area contributed by atoms with Crippen LogP contribution in [0.15, 0.2) is 12.3 Å². The van der Waals surface area contributed by atoms with Gasteiger partial charge in [0, 0.05) is 0 Å². The first kappa shape index (κ1) is 4.82. The van der Waals surface area contributed by atoms with Gasteiger partial charge in [0.25, 0.3) is 0 Å². The second-order valence-corrected chi connectivity index (χ2v) is 1.48. The van der Waals surface area contributed by atoms with Gasteiger partial charge in [0.05, 0.1) is 0 Å². The lowest BCUT2D eigenvalue weighted by Crippen LogP contribution is -1.84. The molecule has 0 aliphatic carbocycles. The molecule has 0 saturated heterocycles. The van der Waals surface area contributed by atoms with Crippen molar-refractivity contribution in [1.82, 2.24) is 0 Å². The summed E-state index contributed by atoms with van der Waals surface area (Å²) >= 11 is 0. The zero-order chi connectivity index (χ0) is 4.28. The van der Waals surface area contributed by atoms with Crippen molar-refractivity contribution in [2.24, 2.45) is 0 Å². The third kappa shape index (κ3) is 3.82. The second kappa shape index (κ2) is 2.08. The Hall–Kier alpha value is -0.183. The fraction of sp³-hybridized carbons (Fsp3) is 0. The van der Waals surface area contributed by atoms with Crippen LogP contribution in [0.1, 0.15) is 0 Å². The van der Waals surface area contributed by atoms with Crippen molar-refractivity contribution < 1.29 is 8.22 Å². The molecule has 29 valence electrons. The molecular weight excluding hydrogens is 90.1 g/mol. The summed E-state index contributed by atoms with van der Waals surface area (Å²) in [6.45, 7) is 2.86. The van der Waals surface area contributed by atoms with E-state index in [1.54, 1.807) is 0 Å². The SMILES string of the molecule is C=C[Si](F)F. The van der Waals surface area contributed by atoms with E-state index in [2.05, 4.69) is 6.58 Å². The van der Waals surface area contributed by atoms with E-state index in [0.29, 0.717) is 5.70 Å². The Balaban J connectivity index is 2.83. The van der Waals surface area contributed by atoms with Crippen LogP contribution in [0.25, 0.3) is 0 Å². The van der Waals surface area contributed by atoms with Gasteiger partial charge in [-0.2, -0.15) is 0 Å². The summed E-state index contributed by atoms with van der Waals surface area (Å²) in [6.07, 6.45) is 0. The molecule has 0 aromatic heterocycles. The molecule has 0 rings (SSSR count). The Morgan fingerprint density at radius 2 is 1.80 bits per heavy atom. The molecule has 0 saturated carbocycles. The lowest BCUT2D eigenvalue weighted by molar-refractivity contribution is 0.683. The summed E-state index contributed by atoms with van der Waals surface area (Å²) in [5.41, 5.74) is 0.685. The molecule has 0 unspecified atom stereocenters. The molecule has 5 heavy (non-hydrogen) atoms. The molecule has 0 atom stereocenters. The van der Waals surface area contributed by atoms with E-state index in [4.69, 9.17) is 0 Å². The molecule has 0 aromatic carbocycles. The fourth-order valence-corrected chi connectivity index (χ4v) is 0. The van der Waals surface area contributed by atoms with Gasteiger partial charge in [-0.15, -0.1) is 6.58 Å². The molecule has 0 amide bonds. The van der Waals surface area contributed by atoms with Crippen molar-refractivity contribution in [2.45, 2.75) is 0 Å². The van der Waals surface area contributed by atoms with Crippen LogP contribution in [0, 0.1) is 0 Å². The van der Waals surface area contributed by atoms with E-state index in [-0.39, 0.29) is 0 Å². The van der Waals surface area contributed by atoms with Gasteiger partial charge in [0.15, 0.2) is 0 Å². The minimum atomic E-state index is -3.11. The second-order valence-electron chi connectivity index (χ2n) is 0.494. The normalized spacial score (nSPS) is 8.60. The third-order valence-corrected chi connectivity index (χ3v) is 0.463. The molecule has 0 bridgehead atoms. The minimum absolute atomic E-state index is 0.685. The lowest BCUT2D eigenvalue weighted by Gasteiger charge is -1.67. The van der Waals surface area contributed by atoms with Crippen LogP contribution in [-0.2, 0) is 0 Å². The summed E-state index contributed by atoms with van der Waals surface area (Å²) in [5, 5.41) is 0. The van der Waals surface area contributed by atoms with Crippen molar-refractivity contribution >= 4 is 9.46 Å². The zero-order valence-electron chi connectivity index (χ0n) is 2.54. The topological polar surface area (TPSA) is 0 Å². The molecule has 0 heterocycles. The maximum atomic E-state index is 10.7. The Bertz CT molecular complexity index is 34.6. The van der Waals surface area contributed by atoms with Gasteiger partial charge in [-0.05, 0) is 5.70 Å². The molecular formula is C2H3F2Si. The van der Waals surface area contributed by atoms with Crippen molar-refractivity contribution in [2.75, 3.05) is 0 Å². The fourth-order valence-electron chi connectivity index (χ4n) is 0. The van der Waals surface area contributed by atoms with Gasteiger partial charge in [0.1, 0.15) is 0 Å². The Morgan fingerprint density at radius 3 is 1.80 bits per heavy atom. The molecule has 0 nitrogen and oxygen atoms in total. The van der Waals surface area contributed by atoms with Gasteiger partial charge < -0.3 is 0 Å². The monoisotopic (exact) mass is 93.0 g/mol. The predicted molar refractivity (Wildman–Crippen MR) is 18.2 cm³/mol. The highest BCUT2D eigenvalue weighted by Gasteiger charge is 1.97. The number of hydrogen-bond acceptors (Lipinski definition) is 0. The average Bonchev–Trinajstić information content (AvgIpc) is 1.38. The minimum Gasteiger partial charge on any atom is -0.262 e. The van der Waals surface area contributed by atoms with Crippen LogP contribution in [0.3, 0.4) is 0 Å². The van der Waals surface area contributed by atoms with Gasteiger partial charge >= 0.3 is 9.46 Å². The number of hydrogen-bond donors (Lipinski definition) is 0. The lowest BCUT2D eigenvalue weighted by atomic mass is 11.3. The maximum Gasteiger partial charge on any atom is 0.503 e. The van der Waals surface area contributed by atoms with Crippen molar-refractivity contribution in [3.63, 3.8) is 0 Å². The van der Waals surface area contributed by atoms with E-state index in [9.17, 15) is 8.22 Å². The standard InChI is InChI=1S/C2H3F2Si/c1-2-5(3)4/h2H,1H2. The van der Waals surface area contributed by atoms with E-state index in [1.807, 2.05) is 0 Å². The Kier molecular flexibility index (Phi) is 2.00. The van der Waals surface area contributed by atoms with Crippen LogP contribution in [0.5, 0.6) is 0 Å². The van der Waals surface area contributed by atoms with Gasteiger partial charge in [-0.1, -0.05) is 0 Å². The Morgan fingerprint density at radius 1 is 1.60 bits per heavy atom. The van der Waals surface area contributed by atoms with Crippen LogP contribution >= 0.6 is 0 Å². The highest BCUT2D eigenvalue weighted by atomic mass is 28.4. The summed E-state index contributed by atoms with van der Waals surface area (Å²) in [4.78, 5) is 0. The molecule has 3 heteroatoms. The molecule has 0 aliphatic rings. The van der Waals surface area contributed by atoms with E-state index < -0.39 is 9.46 Å². The average molecular weight is 93.1 g/mol. The van der Waals surface area contributed by atoms with Crippen LogP contribution in [-0.4, -0.2) is 9.46 Å². The molecule has 0 spiro atoms. The molecule has 0 aromatic rings. The third-order valence-electron chi connectivity index (χ3n) is 0.154. The predicted octanol–water partition coefficient (Wildman–Crippen LogP) is 1.14. The molecule has 0 N–H and O–H groups in total.